The van der Waals surface area contributed by atoms with Gasteiger partial charge in [0.15, 0.2) is 0 Å². The molecule has 0 radical (unpaired) electrons. The molecule has 0 aromatic rings. The van der Waals surface area contributed by atoms with Crippen molar-refractivity contribution in [3.05, 3.63) is 24.3 Å². The molecule has 0 rings (SSSR count). The molecule has 0 saturated heterocycles. The summed E-state index contributed by atoms with van der Waals surface area (Å²) in [5.74, 6) is 0.0181. The number of hydrogen-bond donors (Lipinski definition) is 0. The van der Waals surface area contributed by atoms with Crippen LogP contribution < -0.4 is 0 Å². The molecule has 0 aromatic carbocycles. The van der Waals surface area contributed by atoms with Crippen LogP contribution >= 0.6 is 0 Å². The molecule has 0 bridgehead atoms. The number of hydrogen-bond acceptors (Lipinski definition) is 2. The summed E-state index contributed by atoms with van der Waals surface area (Å²) in [5, 5.41) is 0. The van der Waals surface area contributed by atoms with Crippen molar-refractivity contribution < 1.29 is 9.53 Å². The third kappa shape index (κ3) is 37.0. The van der Waals surface area contributed by atoms with Crippen molar-refractivity contribution in [3.8, 4) is 0 Å². The van der Waals surface area contributed by atoms with Crippen LogP contribution in [0, 0.1) is 0 Å². The Morgan fingerprint density at radius 1 is 0.405 bits per heavy atom. The number of ether oxygens (including phenoxy) is 1. The molecule has 0 aliphatic rings. The van der Waals surface area contributed by atoms with Crippen LogP contribution in [0.25, 0.3) is 0 Å². The molecule has 2 heteroatoms. The Hall–Kier alpha value is -1.05. The molecular weight excluding hydrogens is 512 g/mol. The van der Waals surface area contributed by atoms with E-state index >= 15 is 0 Å². The second-order valence-corrected chi connectivity index (χ2v) is 12.9. The molecule has 2 nitrogen and oxygen atoms in total. The minimum Gasteiger partial charge on any atom is -0.466 e. The lowest BCUT2D eigenvalue weighted by atomic mass is 10.0. The van der Waals surface area contributed by atoms with Gasteiger partial charge in [-0.1, -0.05) is 192 Å². The normalized spacial score (nSPS) is 11.8. The lowest BCUT2D eigenvalue weighted by Gasteiger charge is -2.05. The van der Waals surface area contributed by atoms with E-state index in [1.165, 1.54) is 180 Å². The fourth-order valence-corrected chi connectivity index (χ4v) is 5.70. The molecule has 248 valence electrons. The second-order valence-electron chi connectivity index (χ2n) is 12.9. The van der Waals surface area contributed by atoms with Crippen molar-refractivity contribution in [2.45, 2.75) is 219 Å². The van der Waals surface area contributed by atoms with Crippen LogP contribution in [0.5, 0.6) is 0 Å². The topological polar surface area (TPSA) is 26.3 Å². The third-order valence-electron chi connectivity index (χ3n) is 8.59. The van der Waals surface area contributed by atoms with E-state index < -0.39 is 0 Å². The van der Waals surface area contributed by atoms with Crippen molar-refractivity contribution in [1.29, 1.82) is 0 Å². The summed E-state index contributed by atoms with van der Waals surface area (Å²) in [6.07, 6.45) is 51.1. The van der Waals surface area contributed by atoms with E-state index in [1.807, 2.05) is 0 Å². The fraction of sp³-hybridized carbons (Fsp3) is 0.875. The molecule has 0 atom stereocenters. The van der Waals surface area contributed by atoms with Gasteiger partial charge in [0.05, 0.1) is 6.61 Å². The van der Waals surface area contributed by atoms with E-state index in [0.29, 0.717) is 13.0 Å². The maximum Gasteiger partial charge on any atom is 0.305 e. The van der Waals surface area contributed by atoms with Crippen LogP contribution in [0.2, 0.25) is 0 Å². The Bertz CT molecular complexity index is 564. The highest BCUT2D eigenvalue weighted by Gasteiger charge is 2.02. The van der Waals surface area contributed by atoms with E-state index in [-0.39, 0.29) is 5.97 Å². The molecule has 0 aliphatic heterocycles. The summed E-state index contributed by atoms with van der Waals surface area (Å²) >= 11 is 0. The van der Waals surface area contributed by atoms with E-state index in [1.54, 1.807) is 0 Å². The predicted molar refractivity (Wildman–Crippen MR) is 188 cm³/mol. The van der Waals surface area contributed by atoms with E-state index in [4.69, 9.17) is 4.74 Å². The summed E-state index contributed by atoms with van der Waals surface area (Å²) in [5.41, 5.74) is 0. The minimum absolute atomic E-state index is 0.0181. The Balaban J connectivity index is 3.20. The van der Waals surface area contributed by atoms with Gasteiger partial charge in [-0.2, -0.15) is 0 Å². The van der Waals surface area contributed by atoms with Crippen LogP contribution in [-0.2, 0) is 9.53 Å². The van der Waals surface area contributed by atoms with Crippen LogP contribution in [0.1, 0.15) is 219 Å². The van der Waals surface area contributed by atoms with Crippen molar-refractivity contribution in [3.63, 3.8) is 0 Å². The van der Waals surface area contributed by atoms with Gasteiger partial charge in [-0.3, -0.25) is 4.79 Å². The first-order valence-electron chi connectivity index (χ1n) is 19.3. The van der Waals surface area contributed by atoms with Gasteiger partial charge in [0.1, 0.15) is 0 Å². The summed E-state index contributed by atoms with van der Waals surface area (Å²) < 4.78 is 5.44. The summed E-state index contributed by atoms with van der Waals surface area (Å²) in [4.78, 5) is 12.0. The molecule has 0 fully saturated rings. The number of allylic oxidation sites excluding steroid dienone is 4. The number of rotatable bonds is 35. The highest BCUT2D eigenvalue weighted by molar-refractivity contribution is 5.69. The van der Waals surface area contributed by atoms with Crippen LogP contribution in [0.3, 0.4) is 0 Å². The first-order chi connectivity index (χ1) is 20.8. The van der Waals surface area contributed by atoms with E-state index in [9.17, 15) is 4.79 Å². The molecule has 0 N–H and O–H groups in total. The molecular formula is C40H76O2. The molecule has 0 amide bonds. The lowest BCUT2D eigenvalue weighted by Crippen LogP contribution is -2.05. The maximum atomic E-state index is 12.0. The van der Waals surface area contributed by atoms with Crippen molar-refractivity contribution in [2.24, 2.45) is 0 Å². The predicted octanol–water partition coefficient (Wildman–Crippen LogP) is 14.2. The number of carbonyl (C=O) groups excluding carboxylic acids is 1. The molecule has 0 aliphatic carbocycles. The smallest absolute Gasteiger partial charge is 0.305 e. The van der Waals surface area contributed by atoms with Gasteiger partial charge < -0.3 is 4.74 Å². The summed E-state index contributed by atoms with van der Waals surface area (Å²) in [6.45, 7) is 5.17. The van der Waals surface area contributed by atoms with Crippen LogP contribution in [0.15, 0.2) is 24.3 Å². The van der Waals surface area contributed by atoms with Gasteiger partial charge in [0.25, 0.3) is 0 Å². The van der Waals surface area contributed by atoms with Crippen molar-refractivity contribution in [2.75, 3.05) is 6.61 Å². The fourth-order valence-electron chi connectivity index (χ4n) is 5.70. The Morgan fingerprint density at radius 3 is 1.19 bits per heavy atom. The molecule has 0 saturated carbocycles. The SMILES string of the molecule is CCCCC/C=C\C/C=C/CCCCCCCCOC(=O)CCCCCCCCCCCCCCCCCCCCC. The second kappa shape index (κ2) is 38.0. The van der Waals surface area contributed by atoms with E-state index in [0.717, 1.165) is 19.3 Å². The first kappa shape index (κ1) is 41.0. The van der Waals surface area contributed by atoms with Crippen molar-refractivity contribution in [1.82, 2.24) is 0 Å². The van der Waals surface area contributed by atoms with Gasteiger partial charge in [-0.25, -0.2) is 0 Å². The third-order valence-corrected chi connectivity index (χ3v) is 8.59. The van der Waals surface area contributed by atoms with Gasteiger partial charge in [-0.05, 0) is 44.9 Å². The first-order valence-corrected chi connectivity index (χ1v) is 19.3. The largest absolute Gasteiger partial charge is 0.466 e. The average Bonchev–Trinajstić information content (AvgIpc) is 3.00. The molecule has 0 heterocycles. The standard InChI is InChI=1S/C40H76O2/c1-3-5-7-9-11-13-15-17-19-21-22-23-24-26-28-30-32-34-36-38-40(41)42-39-37-35-33-31-29-27-25-20-18-16-14-12-10-8-6-4-2/h12,14,18,20H,3-11,13,15-17,19,21-39H2,1-2H3/b14-12-,20-18+. The van der Waals surface area contributed by atoms with Gasteiger partial charge in [0.2, 0.25) is 0 Å². The quantitative estimate of drug-likeness (QED) is 0.0418. The number of carbonyl (C=O) groups is 1. The number of esters is 1. The lowest BCUT2D eigenvalue weighted by molar-refractivity contribution is -0.143. The Morgan fingerprint density at radius 2 is 0.738 bits per heavy atom. The maximum absolute atomic E-state index is 12.0. The number of unbranched alkanes of at least 4 members (excludes halogenated alkanes) is 27. The zero-order chi connectivity index (χ0) is 30.4. The molecule has 0 unspecified atom stereocenters. The van der Waals surface area contributed by atoms with Crippen LogP contribution in [-0.4, -0.2) is 12.6 Å². The minimum atomic E-state index is 0.0181. The molecule has 0 spiro atoms. The molecule has 42 heavy (non-hydrogen) atoms. The van der Waals surface area contributed by atoms with Gasteiger partial charge >= 0.3 is 5.97 Å². The monoisotopic (exact) mass is 589 g/mol. The van der Waals surface area contributed by atoms with Gasteiger partial charge in [-0.15, -0.1) is 0 Å². The van der Waals surface area contributed by atoms with Crippen molar-refractivity contribution >= 4 is 5.97 Å². The highest BCUT2D eigenvalue weighted by Crippen LogP contribution is 2.15. The Kier molecular flexibility index (Phi) is 37.0. The zero-order valence-corrected chi connectivity index (χ0v) is 29.0. The van der Waals surface area contributed by atoms with Gasteiger partial charge in [0, 0.05) is 6.42 Å². The molecule has 0 aromatic heterocycles. The zero-order valence-electron chi connectivity index (χ0n) is 29.0. The Labute approximate surface area is 265 Å². The average molecular weight is 589 g/mol. The summed E-state index contributed by atoms with van der Waals surface area (Å²) in [6, 6.07) is 0. The van der Waals surface area contributed by atoms with E-state index in [2.05, 4.69) is 38.2 Å². The highest BCUT2D eigenvalue weighted by atomic mass is 16.5. The summed E-state index contributed by atoms with van der Waals surface area (Å²) in [7, 11) is 0. The van der Waals surface area contributed by atoms with Crippen LogP contribution in [0.4, 0.5) is 0 Å².